The number of nitro benzene ring substituents is 1. The third kappa shape index (κ3) is 3.98. The van der Waals surface area contributed by atoms with Crippen molar-refractivity contribution in [3.05, 3.63) is 51.6 Å². The van der Waals surface area contributed by atoms with Crippen molar-refractivity contribution in [2.45, 2.75) is 26.2 Å². The molecule has 6 heteroatoms. The molecular formula is C15H17N3O3. The molecule has 0 bridgehead atoms. The minimum Gasteiger partial charge on any atom is -0.267 e. The number of rotatable bonds is 4. The van der Waals surface area contributed by atoms with Gasteiger partial charge in [-0.25, -0.2) is 5.43 Å². The highest BCUT2D eigenvalue weighted by Crippen LogP contribution is 2.19. The van der Waals surface area contributed by atoms with Gasteiger partial charge in [0.15, 0.2) is 0 Å². The summed E-state index contributed by atoms with van der Waals surface area (Å²) in [6, 6.07) is 4.38. The van der Waals surface area contributed by atoms with Gasteiger partial charge in [-0.2, -0.15) is 5.10 Å². The number of aryl methyl sites for hydroxylation is 1. The van der Waals surface area contributed by atoms with Gasteiger partial charge in [-0.1, -0.05) is 18.2 Å². The molecule has 0 radical (unpaired) electrons. The van der Waals surface area contributed by atoms with Gasteiger partial charge in [-0.15, -0.1) is 0 Å². The van der Waals surface area contributed by atoms with E-state index < -0.39 is 10.8 Å². The average Bonchev–Trinajstić information content (AvgIpc) is 2.48. The standard InChI is InChI=1S/C15H17N3O3/c1-11-7-8-13(9-14(11)18(20)21)15(19)17-16-10-12-5-3-2-4-6-12/h2-3,7-10,12H,4-6H2,1H3,(H,17,19)/t12-/m1/s1. The molecule has 0 saturated heterocycles. The molecule has 0 heterocycles. The summed E-state index contributed by atoms with van der Waals surface area (Å²) >= 11 is 0. The summed E-state index contributed by atoms with van der Waals surface area (Å²) in [5.41, 5.74) is 3.10. The molecule has 1 amide bonds. The van der Waals surface area contributed by atoms with Crippen molar-refractivity contribution in [3.63, 3.8) is 0 Å². The monoisotopic (exact) mass is 287 g/mol. The molecule has 1 aliphatic carbocycles. The first-order valence-corrected chi connectivity index (χ1v) is 6.81. The molecule has 1 atom stereocenters. The second-order valence-corrected chi connectivity index (χ2v) is 5.02. The summed E-state index contributed by atoms with van der Waals surface area (Å²) in [6.07, 6.45) is 8.93. The number of hydrogen-bond acceptors (Lipinski definition) is 4. The number of hydrogen-bond donors (Lipinski definition) is 1. The lowest BCUT2D eigenvalue weighted by Crippen LogP contribution is -2.19. The van der Waals surface area contributed by atoms with Crippen LogP contribution in [0.4, 0.5) is 5.69 Å². The van der Waals surface area contributed by atoms with Crippen molar-refractivity contribution in [1.29, 1.82) is 0 Å². The average molecular weight is 287 g/mol. The second-order valence-electron chi connectivity index (χ2n) is 5.02. The van der Waals surface area contributed by atoms with Crippen molar-refractivity contribution in [1.82, 2.24) is 5.43 Å². The van der Waals surface area contributed by atoms with Crippen LogP contribution in [0.3, 0.4) is 0 Å². The van der Waals surface area contributed by atoms with Gasteiger partial charge in [-0.05, 0) is 38.2 Å². The van der Waals surface area contributed by atoms with Gasteiger partial charge in [0.25, 0.3) is 11.6 Å². The van der Waals surface area contributed by atoms with Crippen molar-refractivity contribution in [3.8, 4) is 0 Å². The Morgan fingerprint density at radius 1 is 1.48 bits per heavy atom. The smallest absolute Gasteiger partial charge is 0.267 e. The molecule has 0 aliphatic heterocycles. The summed E-state index contributed by atoms with van der Waals surface area (Å²) < 4.78 is 0. The predicted molar refractivity (Wildman–Crippen MR) is 80.3 cm³/mol. The minimum absolute atomic E-state index is 0.0657. The fourth-order valence-corrected chi connectivity index (χ4v) is 2.17. The number of benzene rings is 1. The lowest BCUT2D eigenvalue weighted by molar-refractivity contribution is -0.385. The molecule has 0 aromatic heterocycles. The van der Waals surface area contributed by atoms with E-state index in [-0.39, 0.29) is 11.3 Å². The molecule has 1 N–H and O–H groups in total. The van der Waals surface area contributed by atoms with E-state index >= 15 is 0 Å². The zero-order valence-corrected chi connectivity index (χ0v) is 11.8. The highest BCUT2D eigenvalue weighted by Gasteiger charge is 2.14. The summed E-state index contributed by atoms with van der Waals surface area (Å²) in [5.74, 6) is -0.108. The largest absolute Gasteiger partial charge is 0.273 e. The zero-order valence-electron chi connectivity index (χ0n) is 11.8. The highest BCUT2D eigenvalue weighted by atomic mass is 16.6. The Balaban J connectivity index is 2.00. The van der Waals surface area contributed by atoms with Crippen LogP contribution in [0.15, 0.2) is 35.5 Å². The molecule has 0 fully saturated rings. The molecule has 21 heavy (non-hydrogen) atoms. The SMILES string of the molecule is Cc1ccc(C(=O)NN=C[C@@H]2CC=CCC2)cc1[N+](=O)[O-]. The van der Waals surface area contributed by atoms with E-state index in [2.05, 4.69) is 22.7 Å². The van der Waals surface area contributed by atoms with Crippen LogP contribution >= 0.6 is 0 Å². The fraction of sp³-hybridized carbons (Fsp3) is 0.333. The van der Waals surface area contributed by atoms with Gasteiger partial charge in [-0.3, -0.25) is 14.9 Å². The maximum absolute atomic E-state index is 11.9. The molecule has 1 aromatic carbocycles. The maximum atomic E-state index is 11.9. The van der Waals surface area contributed by atoms with E-state index in [0.717, 1.165) is 19.3 Å². The van der Waals surface area contributed by atoms with Crippen LogP contribution in [0.5, 0.6) is 0 Å². The predicted octanol–water partition coefficient (Wildman–Crippen LogP) is 2.98. The van der Waals surface area contributed by atoms with Gasteiger partial charge >= 0.3 is 0 Å². The molecule has 2 rings (SSSR count). The zero-order chi connectivity index (χ0) is 15.2. The Bertz CT molecular complexity index is 608. The lowest BCUT2D eigenvalue weighted by Gasteiger charge is -2.11. The third-order valence-corrected chi connectivity index (χ3v) is 3.43. The summed E-state index contributed by atoms with van der Waals surface area (Å²) in [5, 5.41) is 14.8. The number of amides is 1. The first-order valence-electron chi connectivity index (χ1n) is 6.81. The molecule has 0 spiro atoms. The molecule has 1 aliphatic rings. The topological polar surface area (TPSA) is 84.6 Å². The number of allylic oxidation sites excluding steroid dienone is 2. The van der Waals surface area contributed by atoms with E-state index in [1.165, 1.54) is 6.07 Å². The van der Waals surface area contributed by atoms with E-state index in [0.29, 0.717) is 11.5 Å². The number of nitrogens with one attached hydrogen (secondary N) is 1. The molecule has 0 unspecified atom stereocenters. The van der Waals surface area contributed by atoms with Crippen LogP contribution in [0.1, 0.15) is 35.2 Å². The van der Waals surface area contributed by atoms with Crippen molar-refractivity contribution in [2.24, 2.45) is 11.0 Å². The van der Waals surface area contributed by atoms with Crippen molar-refractivity contribution < 1.29 is 9.72 Å². The van der Waals surface area contributed by atoms with Gasteiger partial charge in [0.2, 0.25) is 0 Å². The number of nitrogens with zero attached hydrogens (tertiary/aromatic N) is 2. The number of nitro groups is 1. The number of hydrazone groups is 1. The first-order chi connectivity index (χ1) is 10.1. The fourth-order valence-electron chi connectivity index (χ4n) is 2.17. The molecule has 0 saturated carbocycles. The van der Waals surface area contributed by atoms with Crippen LogP contribution in [0.2, 0.25) is 0 Å². The van der Waals surface area contributed by atoms with Gasteiger partial charge in [0.05, 0.1) is 4.92 Å². The summed E-state index contributed by atoms with van der Waals surface area (Å²) in [4.78, 5) is 22.3. The van der Waals surface area contributed by atoms with Crippen LogP contribution in [0, 0.1) is 23.0 Å². The van der Waals surface area contributed by atoms with Crippen LogP contribution < -0.4 is 5.43 Å². The lowest BCUT2D eigenvalue weighted by atomic mass is 9.96. The van der Waals surface area contributed by atoms with E-state index in [9.17, 15) is 14.9 Å². The minimum atomic E-state index is -0.496. The maximum Gasteiger partial charge on any atom is 0.273 e. The van der Waals surface area contributed by atoms with Gasteiger partial charge < -0.3 is 0 Å². The molecule has 110 valence electrons. The van der Waals surface area contributed by atoms with Gasteiger partial charge in [0, 0.05) is 23.4 Å². The summed E-state index contributed by atoms with van der Waals surface area (Å²) in [6.45, 7) is 1.63. The van der Waals surface area contributed by atoms with Crippen LogP contribution in [-0.2, 0) is 0 Å². The Labute approximate surface area is 122 Å². The van der Waals surface area contributed by atoms with E-state index in [1.807, 2.05) is 0 Å². The van der Waals surface area contributed by atoms with E-state index in [1.54, 1.807) is 25.3 Å². The Morgan fingerprint density at radius 3 is 2.95 bits per heavy atom. The van der Waals surface area contributed by atoms with Crippen LogP contribution in [0.25, 0.3) is 0 Å². The molecule has 1 aromatic rings. The van der Waals surface area contributed by atoms with Crippen molar-refractivity contribution >= 4 is 17.8 Å². The Kier molecular flexibility index (Phi) is 4.81. The Morgan fingerprint density at radius 2 is 2.29 bits per heavy atom. The number of carbonyl (C=O) groups is 1. The number of carbonyl (C=O) groups excluding carboxylic acids is 1. The molecule has 6 nitrogen and oxygen atoms in total. The highest BCUT2D eigenvalue weighted by molar-refractivity contribution is 5.95. The first kappa shape index (κ1) is 14.9. The van der Waals surface area contributed by atoms with E-state index in [4.69, 9.17) is 0 Å². The Hall–Kier alpha value is -2.50. The third-order valence-electron chi connectivity index (χ3n) is 3.43. The normalized spacial score (nSPS) is 17.9. The quantitative estimate of drug-likeness (QED) is 0.400. The van der Waals surface area contributed by atoms with Crippen molar-refractivity contribution in [2.75, 3.05) is 0 Å². The van der Waals surface area contributed by atoms with Gasteiger partial charge in [0.1, 0.15) is 0 Å². The second kappa shape index (κ2) is 6.78. The molecular weight excluding hydrogens is 270 g/mol. The van der Waals surface area contributed by atoms with Crippen LogP contribution in [-0.4, -0.2) is 17.0 Å². The summed E-state index contributed by atoms with van der Waals surface area (Å²) in [7, 11) is 0.